The second-order valence-electron chi connectivity index (χ2n) is 9.34. The molecule has 1 saturated heterocycles. The number of benzene rings is 3. The standard InChI is InChI=1S/C28H30ClN5O3S2.ClH/c1-2-20-7-12-25-26(19-20)38-28(31-25)34-17-15-33(16-18-34)14-13-30-27(35)23-5-3-4-6-24(23)32-39(36,37)22-10-8-21(29)9-11-22;/h3-12,19,32H,2,13-18H2,1H3,(H,30,35);1H. The summed E-state index contributed by atoms with van der Waals surface area (Å²) in [6, 6.07) is 18.9. The van der Waals surface area contributed by atoms with Crippen LogP contribution in [0.1, 0.15) is 22.8 Å². The second kappa shape index (κ2) is 13.2. The molecule has 1 fully saturated rings. The maximum atomic E-state index is 12.9. The zero-order valence-electron chi connectivity index (χ0n) is 22.0. The molecule has 1 aliphatic rings. The Kier molecular flexibility index (Phi) is 9.91. The van der Waals surface area contributed by atoms with Gasteiger partial charge in [0.05, 0.1) is 26.4 Å². The molecular formula is C28H31Cl2N5O3S2. The van der Waals surface area contributed by atoms with Crippen LogP contribution in [0.3, 0.4) is 0 Å². The van der Waals surface area contributed by atoms with Crippen molar-refractivity contribution in [2.45, 2.75) is 18.2 Å². The van der Waals surface area contributed by atoms with Gasteiger partial charge >= 0.3 is 0 Å². The van der Waals surface area contributed by atoms with Gasteiger partial charge in [-0.3, -0.25) is 14.4 Å². The molecule has 1 aromatic heterocycles. The summed E-state index contributed by atoms with van der Waals surface area (Å²) < 4.78 is 29.4. The lowest BCUT2D eigenvalue weighted by atomic mass is 10.1. The molecule has 0 spiro atoms. The van der Waals surface area contributed by atoms with Crippen molar-refractivity contribution in [3.8, 4) is 0 Å². The van der Waals surface area contributed by atoms with E-state index in [2.05, 4.69) is 45.0 Å². The number of amides is 1. The maximum absolute atomic E-state index is 12.9. The van der Waals surface area contributed by atoms with Gasteiger partial charge in [-0.05, 0) is 60.5 Å². The Morgan fingerprint density at radius 3 is 2.48 bits per heavy atom. The lowest BCUT2D eigenvalue weighted by molar-refractivity contribution is 0.0948. The lowest BCUT2D eigenvalue weighted by Gasteiger charge is -2.34. The van der Waals surface area contributed by atoms with Crippen LogP contribution in [0.5, 0.6) is 0 Å². The summed E-state index contributed by atoms with van der Waals surface area (Å²) in [6.45, 7) is 6.84. The van der Waals surface area contributed by atoms with Crippen LogP contribution < -0.4 is 14.9 Å². The largest absolute Gasteiger partial charge is 0.351 e. The molecule has 4 aromatic rings. The normalized spacial score (nSPS) is 14.1. The summed E-state index contributed by atoms with van der Waals surface area (Å²) in [5.74, 6) is -0.330. The van der Waals surface area contributed by atoms with E-state index >= 15 is 0 Å². The number of thiazole rings is 1. The average molecular weight is 621 g/mol. The minimum atomic E-state index is -3.87. The van der Waals surface area contributed by atoms with E-state index in [4.69, 9.17) is 16.6 Å². The number of carbonyl (C=O) groups excluding carboxylic acids is 1. The summed E-state index contributed by atoms with van der Waals surface area (Å²) in [5, 5.41) is 4.44. The number of hydrogen-bond acceptors (Lipinski definition) is 7. The fourth-order valence-corrected chi connectivity index (χ4v) is 6.77. The molecule has 1 aliphatic heterocycles. The molecule has 1 amide bonds. The van der Waals surface area contributed by atoms with Gasteiger partial charge in [0.1, 0.15) is 0 Å². The fourth-order valence-electron chi connectivity index (χ4n) is 4.49. The number of halogens is 2. The van der Waals surface area contributed by atoms with E-state index in [1.165, 1.54) is 34.5 Å². The van der Waals surface area contributed by atoms with Gasteiger partial charge in [0.25, 0.3) is 15.9 Å². The Labute approximate surface area is 249 Å². The highest BCUT2D eigenvalue weighted by Gasteiger charge is 2.21. The number of para-hydroxylation sites is 1. The first kappa shape index (κ1) is 30.1. The van der Waals surface area contributed by atoms with Crippen LogP contribution in [-0.2, 0) is 16.4 Å². The van der Waals surface area contributed by atoms with Crippen molar-refractivity contribution < 1.29 is 13.2 Å². The van der Waals surface area contributed by atoms with E-state index in [-0.39, 0.29) is 34.5 Å². The van der Waals surface area contributed by atoms with E-state index < -0.39 is 10.0 Å². The molecule has 2 heterocycles. The summed E-state index contributed by atoms with van der Waals surface area (Å²) in [6.07, 6.45) is 1.02. The molecule has 5 rings (SSSR count). The lowest BCUT2D eigenvalue weighted by Crippen LogP contribution is -2.48. The first-order chi connectivity index (χ1) is 18.8. The molecule has 12 heteroatoms. The minimum absolute atomic E-state index is 0. The topological polar surface area (TPSA) is 94.6 Å². The Morgan fingerprint density at radius 1 is 1.02 bits per heavy atom. The van der Waals surface area contributed by atoms with Crippen molar-refractivity contribution in [2.24, 2.45) is 0 Å². The highest BCUT2D eigenvalue weighted by molar-refractivity contribution is 7.92. The maximum Gasteiger partial charge on any atom is 0.261 e. The zero-order valence-corrected chi connectivity index (χ0v) is 25.2. The van der Waals surface area contributed by atoms with Crippen molar-refractivity contribution in [2.75, 3.05) is 48.9 Å². The van der Waals surface area contributed by atoms with Gasteiger partial charge in [0.15, 0.2) is 5.13 Å². The van der Waals surface area contributed by atoms with E-state index in [0.29, 0.717) is 18.1 Å². The smallest absolute Gasteiger partial charge is 0.261 e. The Hall–Kier alpha value is -2.89. The van der Waals surface area contributed by atoms with Gasteiger partial charge in [-0.25, -0.2) is 13.4 Å². The summed E-state index contributed by atoms with van der Waals surface area (Å²) in [7, 11) is -3.87. The number of aromatic nitrogens is 1. The number of aryl methyl sites for hydroxylation is 1. The number of sulfonamides is 1. The van der Waals surface area contributed by atoms with Gasteiger partial charge in [0.2, 0.25) is 0 Å². The summed E-state index contributed by atoms with van der Waals surface area (Å²) in [5.41, 5.74) is 2.86. The highest BCUT2D eigenvalue weighted by Crippen LogP contribution is 2.30. The van der Waals surface area contributed by atoms with Crippen molar-refractivity contribution in [3.63, 3.8) is 0 Å². The first-order valence-corrected chi connectivity index (χ1v) is 15.5. The van der Waals surface area contributed by atoms with Crippen molar-refractivity contribution in [1.82, 2.24) is 15.2 Å². The Balaban J connectivity index is 0.00000370. The van der Waals surface area contributed by atoms with Crippen LogP contribution >= 0.6 is 35.3 Å². The quantitative estimate of drug-likeness (QED) is 0.264. The number of carbonyl (C=O) groups is 1. The third kappa shape index (κ3) is 7.05. The van der Waals surface area contributed by atoms with E-state index in [0.717, 1.165) is 43.2 Å². The van der Waals surface area contributed by atoms with Crippen LogP contribution in [0.25, 0.3) is 10.2 Å². The van der Waals surface area contributed by atoms with Gasteiger partial charge in [0, 0.05) is 44.3 Å². The monoisotopic (exact) mass is 619 g/mol. The Bertz CT molecular complexity index is 1570. The predicted octanol–water partition coefficient (Wildman–Crippen LogP) is 5.29. The first-order valence-electron chi connectivity index (χ1n) is 12.8. The number of nitrogens with zero attached hydrogens (tertiary/aromatic N) is 3. The number of piperazine rings is 1. The van der Waals surface area contributed by atoms with Gasteiger partial charge in [-0.15, -0.1) is 12.4 Å². The number of rotatable bonds is 9. The van der Waals surface area contributed by atoms with E-state index in [9.17, 15) is 13.2 Å². The number of hydrogen-bond donors (Lipinski definition) is 2. The number of nitrogens with one attached hydrogen (secondary N) is 2. The Morgan fingerprint density at radius 2 is 1.75 bits per heavy atom. The van der Waals surface area contributed by atoms with E-state index in [1.54, 1.807) is 35.6 Å². The molecule has 2 N–H and O–H groups in total. The molecule has 0 aliphatic carbocycles. The minimum Gasteiger partial charge on any atom is -0.351 e. The molecular weight excluding hydrogens is 589 g/mol. The molecule has 0 bridgehead atoms. The number of anilines is 2. The molecule has 212 valence electrons. The van der Waals surface area contributed by atoms with Crippen molar-refractivity contribution in [3.05, 3.63) is 82.9 Å². The predicted molar refractivity (Wildman–Crippen MR) is 166 cm³/mol. The third-order valence-corrected chi connectivity index (χ3v) is 9.46. The van der Waals surface area contributed by atoms with Crippen molar-refractivity contribution in [1.29, 1.82) is 0 Å². The van der Waals surface area contributed by atoms with Crippen LogP contribution in [0, 0.1) is 0 Å². The van der Waals surface area contributed by atoms with Crippen molar-refractivity contribution >= 4 is 72.3 Å². The fraction of sp³-hybridized carbons (Fsp3) is 0.286. The zero-order chi connectivity index (χ0) is 27.4. The highest BCUT2D eigenvalue weighted by atomic mass is 35.5. The second-order valence-corrected chi connectivity index (χ2v) is 12.5. The molecule has 0 saturated carbocycles. The van der Waals surface area contributed by atoms with Crippen LogP contribution in [-0.4, -0.2) is 63.5 Å². The molecule has 0 unspecified atom stereocenters. The summed E-state index contributed by atoms with van der Waals surface area (Å²) in [4.78, 5) is 22.5. The molecule has 3 aromatic carbocycles. The van der Waals surface area contributed by atoms with E-state index in [1.807, 2.05) is 0 Å². The molecule has 0 atom stereocenters. The van der Waals surface area contributed by atoms with Gasteiger partial charge < -0.3 is 10.2 Å². The third-order valence-electron chi connectivity index (χ3n) is 6.75. The SMILES string of the molecule is CCc1ccc2nc(N3CCN(CCNC(=O)c4ccccc4NS(=O)(=O)c4ccc(Cl)cc4)CC3)sc2c1.Cl. The number of fused-ring (bicyclic) bond motifs is 1. The molecule has 0 radical (unpaired) electrons. The molecule has 40 heavy (non-hydrogen) atoms. The molecule has 8 nitrogen and oxygen atoms in total. The summed E-state index contributed by atoms with van der Waals surface area (Å²) >= 11 is 7.62. The average Bonchev–Trinajstić information content (AvgIpc) is 3.37. The van der Waals surface area contributed by atoms with Gasteiger partial charge in [-0.1, -0.05) is 48.1 Å². The van der Waals surface area contributed by atoms with Gasteiger partial charge in [-0.2, -0.15) is 0 Å². The van der Waals surface area contributed by atoms with Crippen LogP contribution in [0.2, 0.25) is 5.02 Å². The van der Waals surface area contributed by atoms with Crippen LogP contribution in [0.15, 0.2) is 71.6 Å². The van der Waals surface area contributed by atoms with Crippen LogP contribution in [0.4, 0.5) is 10.8 Å².